The van der Waals surface area contributed by atoms with Crippen LogP contribution < -0.4 is 5.73 Å². The molecule has 18 heavy (non-hydrogen) atoms. The second kappa shape index (κ2) is 5.56. The van der Waals surface area contributed by atoms with E-state index in [0.717, 1.165) is 0 Å². The molecule has 0 aliphatic heterocycles. The van der Waals surface area contributed by atoms with Gasteiger partial charge in [-0.2, -0.15) is 0 Å². The molecule has 0 radical (unpaired) electrons. The molecule has 0 fully saturated rings. The highest BCUT2D eigenvalue weighted by Gasteiger charge is 2.37. The zero-order valence-electron chi connectivity index (χ0n) is 8.77. The molecule has 0 spiro atoms. The van der Waals surface area contributed by atoms with Crippen molar-refractivity contribution < 1.29 is 9.72 Å². The van der Waals surface area contributed by atoms with Crippen LogP contribution in [0.3, 0.4) is 0 Å². The van der Waals surface area contributed by atoms with Crippen molar-refractivity contribution in [2.45, 2.75) is 3.79 Å². The lowest BCUT2D eigenvalue weighted by molar-refractivity contribution is -0.418. The summed E-state index contributed by atoms with van der Waals surface area (Å²) in [5.74, 6) is -0.913. The SMILES string of the molecule is N/C(=C(\C(=O)c1ccccc1)[N+](=O)[O-])C(Cl)(Cl)Cl. The second-order valence-electron chi connectivity index (χ2n) is 3.21. The summed E-state index contributed by atoms with van der Waals surface area (Å²) in [6.45, 7) is 0. The van der Waals surface area contributed by atoms with Crippen LogP contribution in [0.15, 0.2) is 41.7 Å². The molecule has 0 atom stereocenters. The summed E-state index contributed by atoms with van der Waals surface area (Å²) >= 11 is 16.3. The Hall–Kier alpha value is -1.30. The van der Waals surface area contributed by atoms with Gasteiger partial charge in [0.25, 0.3) is 5.78 Å². The molecule has 8 heteroatoms. The van der Waals surface area contributed by atoms with Gasteiger partial charge in [0.2, 0.25) is 3.79 Å². The van der Waals surface area contributed by atoms with E-state index < -0.39 is 25.9 Å². The number of hydrogen-bond acceptors (Lipinski definition) is 4. The number of nitro groups is 1. The maximum Gasteiger partial charge on any atom is 0.339 e. The van der Waals surface area contributed by atoms with Crippen molar-refractivity contribution in [3.63, 3.8) is 0 Å². The van der Waals surface area contributed by atoms with Crippen molar-refractivity contribution in [2.75, 3.05) is 0 Å². The van der Waals surface area contributed by atoms with Gasteiger partial charge in [-0.3, -0.25) is 14.9 Å². The molecule has 0 amide bonds. The largest absolute Gasteiger partial charge is 0.393 e. The summed E-state index contributed by atoms with van der Waals surface area (Å²) in [5.41, 5.74) is 3.78. The van der Waals surface area contributed by atoms with Gasteiger partial charge in [0, 0.05) is 5.56 Å². The summed E-state index contributed by atoms with van der Waals surface area (Å²) in [6, 6.07) is 7.56. The monoisotopic (exact) mass is 308 g/mol. The quantitative estimate of drug-likeness (QED) is 0.306. The Morgan fingerprint density at radius 2 is 1.72 bits per heavy atom. The smallest absolute Gasteiger partial charge is 0.339 e. The average molecular weight is 310 g/mol. The van der Waals surface area contributed by atoms with Crippen molar-refractivity contribution in [3.8, 4) is 0 Å². The number of Topliss-reactive ketones (excluding diaryl/α,β-unsaturated/α-hetero) is 1. The van der Waals surface area contributed by atoms with Crippen LogP contribution >= 0.6 is 34.8 Å². The molecule has 0 aromatic heterocycles. The third kappa shape index (κ3) is 3.35. The minimum Gasteiger partial charge on any atom is -0.393 e. The molecule has 2 N–H and O–H groups in total. The number of carbonyl (C=O) groups excluding carboxylic acids is 1. The number of ketones is 1. The Morgan fingerprint density at radius 3 is 2.11 bits per heavy atom. The van der Waals surface area contributed by atoms with E-state index in [9.17, 15) is 14.9 Å². The summed E-state index contributed by atoms with van der Waals surface area (Å²) in [6.07, 6.45) is 0. The van der Waals surface area contributed by atoms with E-state index in [0.29, 0.717) is 0 Å². The highest BCUT2D eigenvalue weighted by Crippen LogP contribution is 2.34. The number of halogens is 3. The number of hydrogen-bond donors (Lipinski definition) is 1. The van der Waals surface area contributed by atoms with Crippen molar-refractivity contribution in [3.05, 3.63) is 57.4 Å². The standard InChI is InChI=1S/C10H7Cl3N2O3/c11-10(12,13)9(14)7(15(17)18)8(16)6-4-2-1-3-5-6/h1-5H,14H2/b9-7+. The lowest BCUT2D eigenvalue weighted by Gasteiger charge is -2.11. The van der Waals surface area contributed by atoms with Gasteiger partial charge in [-0.25, -0.2) is 0 Å². The van der Waals surface area contributed by atoms with Crippen LogP contribution in [0.5, 0.6) is 0 Å². The van der Waals surface area contributed by atoms with Gasteiger partial charge >= 0.3 is 5.70 Å². The molecule has 1 aromatic rings. The molecule has 0 saturated carbocycles. The molecule has 0 unspecified atom stereocenters. The van der Waals surface area contributed by atoms with Crippen molar-refractivity contribution in [1.29, 1.82) is 0 Å². The van der Waals surface area contributed by atoms with Crippen LogP contribution in [-0.2, 0) is 0 Å². The molecule has 0 heterocycles. The van der Waals surface area contributed by atoms with E-state index in [4.69, 9.17) is 40.5 Å². The van der Waals surface area contributed by atoms with Gasteiger partial charge in [-0.15, -0.1) is 0 Å². The fourth-order valence-electron chi connectivity index (χ4n) is 1.16. The summed E-state index contributed by atoms with van der Waals surface area (Å²) in [7, 11) is 0. The molecule has 5 nitrogen and oxygen atoms in total. The van der Waals surface area contributed by atoms with Crippen molar-refractivity contribution >= 4 is 40.6 Å². The second-order valence-corrected chi connectivity index (χ2v) is 5.49. The van der Waals surface area contributed by atoms with Gasteiger partial charge in [0.15, 0.2) is 0 Å². The van der Waals surface area contributed by atoms with Crippen LogP contribution in [-0.4, -0.2) is 14.5 Å². The molecule has 0 bridgehead atoms. The van der Waals surface area contributed by atoms with E-state index in [1.165, 1.54) is 12.1 Å². The van der Waals surface area contributed by atoms with Crippen LogP contribution in [0.2, 0.25) is 0 Å². The maximum absolute atomic E-state index is 11.9. The number of nitrogens with zero attached hydrogens (tertiary/aromatic N) is 1. The molecule has 1 aromatic carbocycles. The lowest BCUT2D eigenvalue weighted by atomic mass is 10.1. The van der Waals surface area contributed by atoms with Crippen LogP contribution in [0.25, 0.3) is 0 Å². The third-order valence-electron chi connectivity index (χ3n) is 1.99. The summed E-state index contributed by atoms with van der Waals surface area (Å²) in [5, 5.41) is 10.9. The Balaban J connectivity index is 3.33. The van der Waals surface area contributed by atoms with Crippen LogP contribution in [0.1, 0.15) is 10.4 Å². The first-order chi connectivity index (χ1) is 8.25. The Labute approximate surface area is 117 Å². The first kappa shape index (κ1) is 14.8. The fraction of sp³-hybridized carbons (Fsp3) is 0.100. The van der Waals surface area contributed by atoms with Crippen molar-refractivity contribution in [1.82, 2.24) is 0 Å². The van der Waals surface area contributed by atoms with Gasteiger partial charge < -0.3 is 5.73 Å². The predicted molar refractivity (Wildman–Crippen MR) is 69.3 cm³/mol. The number of benzene rings is 1. The van der Waals surface area contributed by atoms with Crippen LogP contribution in [0.4, 0.5) is 0 Å². The third-order valence-corrected chi connectivity index (χ3v) is 2.60. The number of allylic oxidation sites excluding steroid dienone is 2. The Kier molecular flexibility index (Phi) is 4.56. The zero-order chi connectivity index (χ0) is 13.9. The molecule has 1 rings (SSSR count). The topological polar surface area (TPSA) is 86.2 Å². The highest BCUT2D eigenvalue weighted by molar-refractivity contribution is 6.69. The predicted octanol–water partition coefficient (Wildman–Crippen LogP) is 2.69. The molecular weight excluding hydrogens is 302 g/mol. The molecular formula is C10H7Cl3N2O3. The van der Waals surface area contributed by atoms with Gasteiger partial charge in [-0.1, -0.05) is 65.1 Å². The van der Waals surface area contributed by atoms with Gasteiger partial charge in [0.1, 0.15) is 5.70 Å². The fourth-order valence-corrected chi connectivity index (χ4v) is 1.43. The molecule has 96 valence electrons. The molecule has 0 aliphatic rings. The highest BCUT2D eigenvalue weighted by atomic mass is 35.6. The van der Waals surface area contributed by atoms with Crippen LogP contribution in [0, 0.1) is 10.1 Å². The molecule has 0 aliphatic carbocycles. The minimum atomic E-state index is -2.22. The summed E-state index contributed by atoms with van der Waals surface area (Å²) < 4.78 is -2.22. The normalized spacial score (nSPS) is 12.8. The number of alkyl halides is 3. The van der Waals surface area contributed by atoms with Gasteiger partial charge in [0.05, 0.1) is 4.92 Å². The zero-order valence-corrected chi connectivity index (χ0v) is 11.0. The Bertz CT molecular complexity index is 509. The minimum absolute atomic E-state index is 0.0846. The maximum atomic E-state index is 11.9. The Morgan fingerprint density at radius 1 is 1.22 bits per heavy atom. The molecule has 0 saturated heterocycles. The first-order valence-electron chi connectivity index (χ1n) is 4.56. The van der Waals surface area contributed by atoms with E-state index >= 15 is 0 Å². The average Bonchev–Trinajstić information content (AvgIpc) is 2.28. The van der Waals surface area contributed by atoms with E-state index in [1.807, 2.05) is 0 Å². The van der Waals surface area contributed by atoms with E-state index in [1.54, 1.807) is 18.2 Å². The lowest BCUT2D eigenvalue weighted by Crippen LogP contribution is -2.26. The van der Waals surface area contributed by atoms with Gasteiger partial charge in [-0.05, 0) is 0 Å². The van der Waals surface area contributed by atoms with E-state index in [-0.39, 0.29) is 5.56 Å². The first-order valence-corrected chi connectivity index (χ1v) is 5.69. The number of nitrogens with two attached hydrogens (primary N) is 1. The van der Waals surface area contributed by atoms with Crippen molar-refractivity contribution in [2.24, 2.45) is 5.73 Å². The number of rotatable bonds is 3. The summed E-state index contributed by atoms with van der Waals surface area (Å²) in [4.78, 5) is 21.8. The number of carbonyl (C=O) groups is 1. The van der Waals surface area contributed by atoms with E-state index in [2.05, 4.69) is 0 Å².